The summed E-state index contributed by atoms with van der Waals surface area (Å²) in [4.78, 5) is 3.13. The molecule has 0 radical (unpaired) electrons. The fraction of sp³-hybridized carbons (Fsp3) is 0.143. The van der Waals surface area contributed by atoms with Crippen molar-refractivity contribution in [2.75, 3.05) is 0 Å². The Morgan fingerprint density at radius 1 is 1.47 bits per heavy atom. The topological polar surface area (TPSA) is 70.8 Å². The maximum atomic E-state index is 12.2. The van der Waals surface area contributed by atoms with Gasteiger partial charge in [0.05, 0.1) is 11.6 Å². The van der Waals surface area contributed by atoms with E-state index >= 15 is 0 Å². The molecule has 0 atom stereocenters. The van der Waals surface area contributed by atoms with E-state index in [9.17, 15) is 17.2 Å². The molecule has 80 valence electrons. The normalized spacial score (nSPS) is 11.4. The molecule has 15 heavy (non-hydrogen) atoms. The lowest BCUT2D eigenvalue weighted by atomic mass is 10.2. The standard InChI is InChI=1S/C7H3ClF2N2O2S/c8-15(13,14)6-2-4(3-11)1-5(12-6)7(9)10/h1-2,7H. The van der Waals surface area contributed by atoms with E-state index in [1.54, 1.807) is 0 Å². The van der Waals surface area contributed by atoms with Crippen molar-refractivity contribution >= 4 is 19.7 Å². The zero-order chi connectivity index (χ0) is 11.6. The molecule has 4 nitrogen and oxygen atoms in total. The first kappa shape index (κ1) is 11.8. The van der Waals surface area contributed by atoms with Crippen molar-refractivity contribution in [3.8, 4) is 6.07 Å². The van der Waals surface area contributed by atoms with Crippen LogP contribution in [0.3, 0.4) is 0 Å². The van der Waals surface area contributed by atoms with Gasteiger partial charge in [-0.2, -0.15) is 5.26 Å². The highest BCUT2D eigenvalue weighted by atomic mass is 35.7. The van der Waals surface area contributed by atoms with E-state index < -0.39 is 26.2 Å². The number of aromatic nitrogens is 1. The molecule has 0 N–H and O–H groups in total. The fourth-order valence-electron chi connectivity index (χ4n) is 0.827. The molecule has 0 aromatic carbocycles. The molecule has 1 aromatic rings. The molecule has 0 saturated carbocycles. The van der Waals surface area contributed by atoms with Gasteiger partial charge in [0.15, 0.2) is 5.03 Å². The minimum atomic E-state index is -4.21. The van der Waals surface area contributed by atoms with Crippen LogP contribution in [0.15, 0.2) is 17.2 Å². The van der Waals surface area contributed by atoms with Gasteiger partial charge in [0.25, 0.3) is 15.5 Å². The maximum absolute atomic E-state index is 12.2. The van der Waals surface area contributed by atoms with E-state index in [4.69, 9.17) is 15.9 Å². The summed E-state index contributed by atoms with van der Waals surface area (Å²) >= 11 is 0. The van der Waals surface area contributed by atoms with Crippen LogP contribution >= 0.6 is 10.7 Å². The molecular formula is C7H3ClF2N2O2S. The van der Waals surface area contributed by atoms with Crippen LogP contribution < -0.4 is 0 Å². The highest BCUT2D eigenvalue weighted by Crippen LogP contribution is 2.21. The van der Waals surface area contributed by atoms with E-state index in [0.29, 0.717) is 0 Å². The van der Waals surface area contributed by atoms with Gasteiger partial charge in [0, 0.05) is 10.7 Å². The first-order valence-corrected chi connectivity index (χ1v) is 5.80. The van der Waals surface area contributed by atoms with Crippen molar-refractivity contribution in [3.63, 3.8) is 0 Å². The van der Waals surface area contributed by atoms with Crippen molar-refractivity contribution in [1.29, 1.82) is 5.26 Å². The van der Waals surface area contributed by atoms with E-state index in [-0.39, 0.29) is 5.56 Å². The molecule has 1 aromatic heterocycles. The summed E-state index contributed by atoms with van der Waals surface area (Å²) < 4.78 is 46.1. The Morgan fingerprint density at radius 2 is 2.07 bits per heavy atom. The summed E-state index contributed by atoms with van der Waals surface area (Å²) in [6, 6.07) is 3.17. The van der Waals surface area contributed by atoms with Crippen molar-refractivity contribution in [2.45, 2.75) is 11.5 Å². The first-order valence-electron chi connectivity index (χ1n) is 3.49. The number of rotatable bonds is 2. The zero-order valence-corrected chi connectivity index (χ0v) is 8.56. The molecule has 8 heteroatoms. The largest absolute Gasteiger partial charge is 0.280 e. The van der Waals surface area contributed by atoms with Gasteiger partial charge in [0.2, 0.25) is 0 Å². The minimum Gasteiger partial charge on any atom is -0.234 e. The van der Waals surface area contributed by atoms with Crippen LogP contribution in [0.5, 0.6) is 0 Å². The van der Waals surface area contributed by atoms with Crippen molar-refractivity contribution in [2.24, 2.45) is 0 Å². The maximum Gasteiger partial charge on any atom is 0.280 e. The summed E-state index contributed by atoms with van der Waals surface area (Å²) in [5, 5.41) is 7.72. The Balaban J connectivity index is 3.45. The zero-order valence-electron chi connectivity index (χ0n) is 6.99. The first-order chi connectivity index (χ1) is 6.84. The average molecular weight is 253 g/mol. The molecule has 0 amide bonds. The number of nitrogens with zero attached hydrogens (tertiary/aromatic N) is 2. The molecular weight excluding hydrogens is 250 g/mol. The lowest BCUT2D eigenvalue weighted by Gasteiger charge is -2.01. The molecule has 0 spiro atoms. The van der Waals surface area contributed by atoms with E-state index in [1.165, 1.54) is 6.07 Å². The van der Waals surface area contributed by atoms with Crippen molar-refractivity contribution < 1.29 is 17.2 Å². The molecule has 1 heterocycles. The number of pyridine rings is 1. The highest BCUT2D eigenvalue weighted by Gasteiger charge is 2.18. The van der Waals surface area contributed by atoms with Gasteiger partial charge in [0.1, 0.15) is 5.69 Å². The summed E-state index contributed by atoms with van der Waals surface area (Å²) in [7, 11) is 0.705. The van der Waals surface area contributed by atoms with Gasteiger partial charge in [-0.3, -0.25) is 0 Å². The predicted octanol–water partition coefficient (Wildman–Crippen LogP) is 1.82. The molecule has 0 aliphatic rings. The van der Waals surface area contributed by atoms with Gasteiger partial charge < -0.3 is 0 Å². The van der Waals surface area contributed by atoms with Gasteiger partial charge in [-0.25, -0.2) is 22.2 Å². The summed E-state index contributed by atoms with van der Waals surface area (Å²) in [5.74, 6) is 0. The van der Waals surface area contributed by atoms with Gasteiger partial charge >= 0.3 is 0 Å². The quantitative estimate of drug-likeness (QED) is 0.753. The second kappa shape index (κ2) is 4.08. The Hall–Kier alpha value is -1.26. The summed E-state index contributed by atoms with van der Waals surface area (Å²) in [5.41, 5.74) is -1.03. The third-order valence-corrected chi connectivity index (χ3v) is 2.61. The van der Waals surface area contributed by atoms with Crippen LogP contribution in [-0.2, 0) is 9.05 Å². The van der Waals surface area contributed by atoms with Crippen LogP contribution in [0.1, 0.15) is 17.7 Å². The fourth-order valence-corrected chi connectivity index (χ4v) is 1.55. The number of hydrogen-bond acceptors (Lipinski definition) is 4. The molecule has 0 aliphatic heterocycles. The second-order valence-electron chi connectivity index (χ2n) is 2.47. The Kier molecular flexibility index (Phi) is 3.21. The van der Waals surface area contributed by atoms with E-state index in [0.717, 1.165) is 12.1 Å². The monoisotopic (exact) mass is 252 g/mol. The van der Waals surface area contributed by atoms with E-state index in [2.05, 4.69) is 4.98 Å². The summed E-state index contributed by atoms with van der Waals surface area (Å²) in [6.45, 7) is 0. The van der Waals surface area contributed by atoms with Crippen LogP contribution in [0.2, 0.25) is 0 Å². The molecule has 0 unspecified atom stereocenters. The van der Waals surface area contributed by atoms with Crippen molar-refractivity contribution in [3.05, 3.63) is 23.4 Å². The van der Waals surface area contributed by atoms with Crippen LogP contribution in [0, 0.1) is 11.3 Å². The van der Waals surface area contributed by atoms with Crippen LogP contribution in [-0.4, -0.2) is 13.4 Å². The summed E-state index contributed by atoms with van der Waals surface area (Å²) in [6.07, 6.45) is -2.96. The number of halogens is 3. The molecule has 1 rings (SSSR count). The molecule has 0 aliphatic carbocycles. The smallest absolute Gasteiger partial charge is 0.234 e. The van der Waals surface area contributed by atoms with E-state index in [1.807, 2.05) is 0 Å². The van der Waals surface area contributed by atoms with Crippen molar-refractivity contribution in [1.82, 2.24) is 4.98 Å². The third kappa shape index (κ3) is 2.84. The highest BCUT2D eigenvalue weighted by molar-refractivity contribution is 8.13. The molecule has 0 bridgehead atoms. The Labute approximate surface area is 88.5 Å². The average Bonchev–Trinajstić information content (AvgIpc) is 2.15. The lowest BCUT2D eigenvalue weighted by Crippen LogP contribution is -2.00. The van der Waals surface area contributed by atoms with Gasteiger partial charge in [-0.05, 0) is 12.1 Å². The molecule has 0 saturated heterocycles. The number of nitriles is 1. The molecule has 0 fully saturated rings. The Morgan fingerprint density at radius 3 is 2.47 bits per heavy atom. The second-order valence-corrected chi connectivity index (χ2v) is 4.98. The number of alkyl halides is 2. The van der Waals surface area contributed by atoms with Crippen LogP contribution in [0.4, 0.5) is 8.78 Å². The predicted molar refractivity (Wildman–Crippen MR) is 46.9 cm³/mol. The Bertz CT molecular complexity index is 524. The number of hydrogen-bond donors (Lipinski definition) is 0. The lowest BCUT2D eigenvalue weighted by molar-refractivity contribution is 0.145. The van der Waals surface area contributed by atoms with Gasteiger partial charge in [-0.15, -0.1) is 0 Å². The van der Waals surface area contributed by atoms with Gasteiger partial charge in [-0.1, -0.05) is 0 Å². The SMILES string of the molecule is N#Cc1cc(C(F)F)nc(S(=O)(=O)Cl)c1. The van der Waals surface area contributed by atoms with Crippen LogP contribution in [0.25, 0.3) is 0 Å². The third-order valence-electron chi connectivity index (χ3n) is 1.42. The minimum absolute atomic E-state index is 0.237.